The second-order valence-corrected chi connectivity index (χ2v) is 10.2. The van der Waals surface area contributed by atoms with Crippen molar-refractivity contribution in [2.24, 2.45) is 0 Å². The van der Waals surface area contributed by atoms with E-state index in [4.69, 9.17) is 23.0 Å². The summed E-state index contributed by atoms with van der Waals surface area (Å²) >= 11 is 0. The van der Waals surface area contributed by atoms with Crippen molar-refractivity contribution in [3.8, 4) is 17.2 Å². The highest BCUT2D eigenvalue weighted by Gasteiger charge is 2.46. The van der Waals surface area contributed by atoms with Crippen LogP contribution in [-0.4, -0.2) is 22.4 Å². The number of aliphatic hydroxyl groups is 1. The second kappa shape index (κ2) is 7.48. The zero-order chi connectivity index (χ0) is 25.4. The van der Waals surface area contributed by atoms with Gasteiger partial charge in [0.25, 0.3) is 0 Å². The molecule has 1 N–H and O–H groups in total. The standard InChI is InChI=1S/C28H24O8/c1-27(2)12-11-16-19(35-27)13-18-15(7-10-20(29)32-18)24(16)34-25-22-17(36-28(3,4)26(25)31)8-5-14-6-9-21(30)33-23(14)22/h5-13,25-26,31H,1-4H3/t25-,26+/m1/s1. The van der Waals surface area contributed by atoms with Gasteiger partial charge in [0.15, 0.2) is 6.10 Å². The van der Waals surface area contributed by atoms with Crippen LogP contribution in [0.15, 0.2) is 67.0 Å². The minimum atomic E-state index is -1.15. The molecule has 4 aromatic rings. The molecular formula is C28H24O8. The van der Waals surface area contributed by atoms with Crippen LogP contribution in [0.1, 0.15) is 44.9 Å². The van der Waals surface area contributed by atoms with Crippen molar-refractivity contribution >= 4 is 28.0 Å². The summed E-state index contributed by atoms with van der Waals surface area (Å²) in [5, 5.41) is 12.6. The Morgan fingerprint density at radius 1 is 0.889 bits per heavy atom. The van der Waals surface area contributed by atoms with E-state index in [1.54, 1.807) is 44.2 Å². The Balaban J connectivity index is 1.62. The lowest BCUT2D eigenvalue weighted by Crippen LogP contribution is -2.50. The van der Waals surface area contributed by atoms with Crippen molar-refractivity contribution in [3.05, 3.63) is 80.5 Å². The fraction of sp³-hybridized carbons (Fsp3) is 0.286. The first-order valence-electron chi connectivity index (χ1n) is 11.6. The number of benzene rings is 2. The van der Waals surface area contributed by atoms with E-state index in [1.165, 1.54) is 12.1 Å². The van der Waals surface area contributed by atoms with Crippen LogP contribution >= 0.6 is 0 Å². The van der Waals surface area contributed by atoms with E-state index >= 15 is 0 Å². The number of fused-ring (bicyclic) bond motifs is 5. The van der Waals surface area contributed by atoms with E-state index < -0.39 is 34.7 Å². The van der Waals surface area contributed by atoms with Crippen LogP contribution in [0.5, 0.6) is 17.2 Å². The molecule has 0 radical (unpaired) electrons. The fourth-order valence-corrected chi connectivity index (χ4v) is 4.76. The van der Waals surface area contributed by atoms with Gasteiger partial charge in [0.2, 0.25) is 0 Å². The normalized spacial score (nSPS) is 21.4. The maximum atomic E-state index is 12.1. The molecule has 36 heavy (non-hydrogen) atoms. The van der Waals surface area contributed by atoms with Crippen LogP contribution in [0.2, 0.25) is 0 Å². The third-order valence-electron chi connectivity index (χ3n) is 6.59. The Hall–Kier alpha value is -4.04. The Morgan fingerprint density at radius 2 is 1.61 bits per heavy atom. The lowest BCUT2D eigenvalue weighted by atomic mass is 9.87. The molecule has 2 atom stereocenters. The number of rotatable bonds is 2. The van der Waals surface area contributed by atoms with Crippen LogP contribution in [0.25, 0.3) is 28.0 Å². The lowest BCUT2D eigenvalue weighted by Gasteiger charge is -2.42. The van der Waals surface area contributed by atoms with Crippen molar-refractivity contribution in [1.82, 2.24) is 0 Å². The summed E-state index contributed by atoms with van der Waals surface area (Å²) in [6, 6.07) is 11.1. The predicted octanol–water partition coefficient (Wildman–Crippen LogP) is 4.74. The first-order valence-corrected chi connectivity index (χ1v) is 11.6. The van der Waals surface area contributed by atoms with Crippen molar-refractivity contribution in [3.63, 3.8) is 0 Å². The maximum absolute atomic E-state index is 12.1. The molecule has 8 heteroatoms. The predicted molar refractivity (Wildman–Crippen MR) is 133 cm³/mol. The van der Waals surface area contributed by atoms with Gasteiger partial charge in [0.1, 0.15) is 45.7 Å². The van der Waals surface area contributed by atoms with Gasteiger partial charge in [-0.2, -0.15) is 0 Å². The fourth-order valence-electron chi connectivity index (χ4n) is 4.76. The number of ether oxygens (including phenoxy) is 3. The van der Waals surface area contributed by atoms with Gasteiger partial charge >= 0.3 is 11.3 Å². The summed E-state index contributed by atoms with van der Waals surface area (Å²) < 4.78 is 29.9. The highest BCUT2D eigenvalue weighted by atomic mass is 16.5. The van der Waals surface area contributed by atoms with E-state index in [0.29, 0.717) is 39.1 Å². The summed E-state index contributed by atoms with van der Waals surface area (Å²) in [7, 11) is 0. The van der Waals surface area contributed by atoms with Gasteiger partial charge in [-0.3, -0.25) is 0 Å². The molecular weight excluding hydrogens is 464 g/mol. The molecule has 0 aliphatic carbocycles. The van der Waals surface area contributed by atoms with Crippen LogP contribution < -0.4 is 25.5 Å². The SMILES string of the molecule is CC1(C)C=Cc2c(cc3oc(=O)ccc3c2O[C@@H]2c3c(ccc4ccc(=O)oc34)OC(C)(C)[C@H]2O)O1. The minimum absolute atomic E-state index is 0.271. The topological polar surface area (TPSA) is 108 Å². The average molecular weight is 488 g/mol. The molecule has 6 rings (SSSR count). The molecule has 2 aliphatic heterocycles. The van der Waals surface area contributed by atoms with E-state index in [0.717, 1.165) is 0 Å². The molecule has 0 saturated carbocycles. The molecule has 0 bridgehead atoms. The molecule has 4 heterocycles. The first kappa shape index (κ1) is 22.4. The van der Waals surface area contributed by atoms with Gasteiger partial charge < -0.3 is 28.2 Å². The molecule has 0 spiro atoms. The summed E-state index contributed by atoms with van der Waals surface area (Å²) in [6.45, 7) is 7.33. The van der Waals surface area contributed by atoms with E-state index in [9.17, 15) is 14.7 Å². The van der Waals surface area contributed by atoms with Crippen molar-refractivity contribution in [1.29, 1.82) is 0 Å². The zero-order valence-electron chi connectivity index (χ0n) is 20.2. The minimum Gasteiger partial charge on any atom is -0.484 e. The van der Waals surface area contributed by atoms with Gasteiger partial charge in [0, 0.05) is 23.6 Å². The van der Waals surface area contributed by atoms with E-state index in [-0.39, 0.29) is 11.2 Å². The van der Waals surface area contributed by atoms with Gasteiger partial charge in [-0.05, 0) is 64.1 Å². The van der Waals surface area contributed by atoms with Crippen LogP contribution in [0.4, 0.5) is 0 Å². The zero-order valence-corrected chi connectivity index (χ0v) is 20.2. The first-order chi connectivity index (χ1) is 17.0. The molecule has 2 aromatic heterocycles. The van der Waals surface area contributed by atoms with Crippen molar-refractivity contribution in [2.45, 2.75) is 51.1 Å². The molecule has 184 valence electrons. The number of aliphatic hydroxyl groups excluding tert-OH is 1. The molecule has 2 aromatic carbocycles. The number of hydrogen-bond acceptors (Lipinski definition) is 8. The van der Waals surface area contributed by atoms with Gasteiger partial charge in [-0.25, -0.2) is 9.59 Å². The quantitative estimate of drug-likeness (QED) is 0.403. The van der Waals surface area contributed by atoms with Crippen molar-refractivity contribution in [2.75, 3.05) is 0 Å². The van der Waals surface area contributed by atoms with E-state index in [2.05, 4.69) is 0 Å². The lowest BCUT2D eigenvalue weighted by molar-refractivity contribution is -0.102. The third-order valence-corrected chi connectivity index (χ3v) is 6.59. The average Bonchev–Trinajstić information content (AvgIpc) is 2.80. The molecule has 2 aliphatic rings. The van der Waals surface area contributed by atoms with Gasteiger partial charge in [-0.15, -0.1) is 0 Å². The van der Waals surface area contributed by atoms with Crippen LogP contribution in [0.3, 0.4) is 0 Å². The molecule has 0 saturated heterocycles. The highest BCUT2D eigenvalue weighted by Crippen LogP contribution is 2.49. The largest absolute Gasteiger partial charge is 0.484 e. The summed E-state index contributed by atoms with van der Waals surface area (Å²) in [6.07, 6.45) is 1.66. The Morgan fingerprint density at radius 3 is 2.42 bits per heavy atom. The Labute approximate surface area is 205 Å². The Bertz CT molecular complexity index is 1690. The summed E-state index contributed by atoms with van der Waals surface area (Å²) in [4.78, 5) is 24.1. The van der Waals surface area contributed by atoms with Crippen molar-refractivity contribution < 1.29 is 28.2 Å². The third kappa shape index (κ3) is 3.48. The molecule has 0 amide bonds. The van der Waals surface area contributed by atoms with Gasteiger partial charge in [-0.1, -0.05) is 0 Å². The van der Waals surface area contributed by atoms with Gasteiger partial charge in [0.05, 0.1) is 16.5 Å². The molecule has 0 unspecified atom stereocenters. The second-order valence-electron chi connectivity index (χ2n) is 10.2. The summed E-state index contributed by atoms with van der Waals surface area (Å²) in [5.74, 6) is 1.27. The maximum Gasteiger partial charge on any atom is 0.336 e. The monoisotopic (exact) mass is 488 g/mol. The molecule has 8 nitrogen and oxygen atoms in total. The number of hydrogen-bond donors (Lipinski definition) is 1. The van der Waals surface area contributed by atoms with E-state index in [1.807, 2.05) is 26.0 Å². The molecule has 0 fully saturated rings. The highest BCUT2D eigenvalue weighted by molar-refractivity contribution is 5.91. The summed E-state index contributed by atoms with van der Waals surface area (Å²) in [5.41, 5.74) is -1.04. The van der Waals surface area contributed by atoms with Crippen LogP contribution in [-0.2, 0) is 0 Å². The Kier molecular flexibility index (Phi) is 4.66. The smallest absolute Gasteiger partial charge is 0.336 e. The van der Waals surface area contributed by atoms with Crippen LogP contribution in [0, 0.1) is 0 Å².